The predicted molar refractivity (Wildman–Crippen MR) is 140 cm³/mol. The molecule has 0 bridgehead atoms. The van der Waals surface area contributed by atoms with E-state index in [2.05, 4.69) is 21.2 Å². The Bertz CT molecular complexity index is 1310. The van der Waals surface area contributed by atoms with Gasteiger partial charge in [-0.15, -0.1) is 11.8 Å². The van der Waals surface area contributed by atoms with Crippen molar-refractivity contribution in [3.8, 4) is 0 Å². The summed E-state index contributed by atoms with van der Waals surface area (Å²) in [6, 6.07) is 12.2. The van der Waals surface area contributed by atoms with Gasteiger partial charge in [-0.1, -0.05) is 48.0 Å². The normalized spacial score (nSPS) is 22.2. The van der Waals surface area contributed by atoms with E-state index in [0.717, 1.165) is 11.8 Å². The third kappa shape index (κ3) is 5.40. The minimum Gasteiger partial charge on any atom is -0.480 e. The van der Waals surface area contributed by atoms with Crippen LogP contribution in [0.2, 0.25) is 0 Å². The molecule has 2 aliphatic heterocycles. The number of hydrogen-bond donors (Lipinski definition) is 4. The molecule has 2 saturated heterocycles. The number of carboxylic acids is 1. The number of carbonyl (C=O) groups excluding carboxylic acids is 4. The van der Waals surface area contributed by atoms with Crippen LogP contribution in [-0.2, 0) is 19.2 Å². The number of carboxylic acid groups (broad SMARTS) is 1. The van der Waals surface area contributed by atoms with Crippen LogP contribution in [0.25, 0.3) is 0 Å². The average molecular weight is 538 g/mol. The second kappa shape index (κ2) is 10.7. The number of nitrogens with one attached hydrogen (secondary N) is 3. The highest BCUT2D eigenvalue weighted by Crippen LogP contribution is 2.50. The number of β-lactam (4-membered cyclic amide) rings is 1. The van der Waals surface area contributed by atoms with Crippen LogP contribution in [0.15, 0.2) is 59.7 Å². The Labute approximate surface area is 223 Å². The van der Waals surface area contributed by atoms with Gasteiger partial charge in [0.2, 0.25) is 11.8 Å². The molecule has 0 spiro atoms. The summed E-state index contributed by atoms with van der Waals surface area (Å²) >= 11 is 1.30. The summed E-state index contributed by atoms with van der Waals surface area (Å²) in [5, 5.41) is 18.0. The van der Waals surface area contributed by atoms with Crippen molar-refractivity contribution >= 4 is 47.6 Å². The fraction of sp³-hybridized carbons (Fsp3) is 0.308. The molecule has 4 atom stereocenters. The van der Waals surface area contributed by atoms with Gasteiger partial charge < -0.3 is 20.6 Å². The number of carbonyl (C=O) groups is 5. The maximum absolute atomic E-state index is 13.3. The van der Waals surface area contributed by atoms with Crippen molar-refractivity contribution in [1.82, 2.24) is 21.0 Å². The molecule has 2 heterocycles. The summed E-state index contributed by atoms with van der Waals surface area (Å²) in [6.45, 7) is 5.32. The Morgan fingerprint density at radius 1 is 1.11 bits per heavy atom. The molecule has 11 nitrogen and oxygen atoms in total. The molecular formula is C26H27N5O6S. The van der Waals surface area contributed by atoms with Crippen molar-refractivity contribution in [3.63, 3.8) is 0 Å². The highest BCUT2D eigenvalue weighted by Gasteiger charge is 2.64. The number of nitrogens with zero attached hydrogens (tertiary/aromatic N) is 2. The molecule has 4 amide bonds. The molecule has 2 aliphatic rings. The molecule has 198 valence electrons. The standard InChI is InChI=1S/C26H27N5O6S/c1-14-8-7-11-16(12-14)21(33)30-27-13-17(32)28-18(15-9-5-4-6-10-15)22(34)29-19-23(35)31-20(25(36)37)26(2,3)38-24(19)31/h4-13,18-20,24H,1-3H3,(H,28,32)(H,29,34)(H,30,33)(H,36,37)/b27-13+/t18?,19-,20+,24-/m1/s1. The first kappa shape index (κ1) is 26.9. The Morgan fingerprint density at radius 3 is 2.47 bits per heavy atom. The van der Waals surface area contributed by atoms with Crippen molar-refractivity contribution in [2.45, 2.75) is 49.0 Å². The van der Waals surface area contributed by atoms with Gasteiger partial charge >= 0.3 is 5.97 Å². The largest absolute Gasteiger partial charge is 0.480 e. The second-order valence-electron chi connectivity index (χ2n) is 9.51. The summed E-state index contributed by atoms with van der Waals surface area (Å²) in [4.78, 5) is 63.9. The van der Waals surface area contributed by atoms with Crippen LogP contribution in [-0.4, -0.2) is 68.0 Å². The molecular weight excluding hydrogens is 510 g/mol. The van der Waals surface area contributed by atoms with E-state index >= 15 is 0 Å². The number of fused-ring (bicyclic) bond motifs is 1. The van der Waals surface area contributed by atoms with E-state index in [1.165, 1.54) is 16.7 Å². The van der Waals surface area contributed by atoms with Gasteiger partial charge in [0.25, 0.3) is 11.8 Å². The average Bonchev–Trinajstić information content (AvgIpc) is 3.14. The van der Waals surface area contributed by atoms with Crippen LogP contribution in [0.1, 0.15) is 41.4 Å². The lowest BCUT2D eigenvalue weighted by Crippen LogP contribution is -2.71. The van der Waals surface area contributed by atoms with Gasteiger partial charge in [0.15, 0.2) is 0 Å². The van der Waals surface area contributed by atoms with E-state index in [9.17, 15) is 29.1 Å². The second-order valence-corrected chi connectivity index (χ2v) is 11.3. The highest BCUT2D eigenvalue weighted by molar-refractivity contribution is 8.01. The molecule has 0 aromatic heterocycles. The van der Waals surface area contributed by atoms with Gasteiger partial charge in [-0.3, -0.25) is 19.2 Å². The van der Waals surface area contributed by atoms with E-state index in [0.29, 0.717) is 11.1 Å². The van der Waals surface area contributed by atoms with Gasteiger partial charge in [-0.2, -0.15) is 5.10 Å². The van der Waals surface area contributed by atoms with Crippen LogP contribution in [0, 0.1) is 6.92 Å². The molecule has 0 radical (unpaired) electrons. The van der Waals surface area contributed by atoms with Gasteiger partial charge in [0.05, 0.1) is 0 Å². The summed E-state index contributed by atoms with van der Waals surface area (Å²) in [5.74, 6) is -3.49. The van der Waals surface area contributed by atoms with Crippen molar-refractivity contribution < 1.29 is 29.1 Å². The monoisotopic (exact) mass is 537 g/mol. The first-order valence-electron chi connectivity index (χ1n) is 11.8. The number of amides is 4. The molecule has 0 aliphatic carbocycles. The zero-order valence-corrected chi connectivity index (χ0v) is 21.7. The number of aliphatic carboxylic acids is 1. The van der Waals surface area contributed by atoms with Crippen LogP contribution in [0.4, 0.5) is 0 Å². The third-order valence-electron chi connectivity index (χ3n) is 6.28. The van der Waals surface area contributed by atoms with Gasteiger partial charge in [0, 0.05) is 10.3 Å². The molecule has 2 aromatic rings. The first-order valence-corrected chi connectivity index (χ1v) is 12.7. The van der Waals surface area contributed by atoms with Crippen LogP contribution < -0.4 is 16.1 Å². The van der Waals surface area contributed by atoms with Crippen molar-refractivity contribution in [2.75, 3.05) is 0 Å². The van der Waals surface area contributed by atoms with Crippen molar-refractivity contribution in [2.24, 2.45) is 5.10 Å². The summed E-state index contributed by atoms with van der Waals surface area (Å²) in [5.41, 5.74) is 4.00. The first-order chi connectivity index (χ1) is 18.0. The zero-order chi connectivity index (χ0) is 27.6. The number of hydrazone groups is 1. The van der Waals surface area contributed by atoms with Crippen LogP contribution in [0.5, 0.6) is 0 Å². The SMILES string of the molecule is Cc1cccc(C(=O)N/N=C/C(=O)NC(C(=O)N[C@@H]2C(=O)N3[C@@H]2SC(C)(C)[C@@H]3C(=O)O)c2ccccc2)c1. The lowest BCUT2D eigenvalue weighted by atomic mass is 9.95. The molecule has 1 unspecified atom stereocenters. The number of rotatable bonds is 8. The molecule has 38 heavy (non-hydrogen) atoms. The smallest absolute Gasteiger partial charge is 0.327 e. The van der Waals surface area contributed by atoms with Gasteiger partial charge in [-0.05, 0) is 38.5 Å². The van der Waals surface area contributed by atoms with Crippen LogP contribution in [0.3, 0.4) is 0 Å². The Morgan fingerprint density at radius 2 is 1.82 bits per heavy atom. The highest BCUT2D eigenvalue weighted by atomic mass is 32.2. The maximum Gasteiger partial charge on any atom is 0.327 e. The molecule has 4 rings (SSSR count). The van der Waals surface area contributed by atoms with E-state index in [-0.39, 0.29) is 0 Å². The van der Waals surface area contributed by atoms with Crippen molar-refractivity contribution in [3.05, 3.63) is 71.3 Å². The summed E-state index contributed by atoms with van der Waals surface area (Å²) in [6.07, 6.45) is 0.847. The van der Waals surface area contributed by atoms with Gasteiger partial charge in [0.1, 0.15) is 29.7 Å². The van der Waals surface area contributed by atoms with Crippen LogP contribution >= 0.6 is 11.8 Å². The molecule has 12 heteroatoms. The Balaban J connectivity index is 1.43. The van der Waals surface area contributed by atoms with Gasteiger partial charge in [-0.25, -0.2) is 10.2 Å². The molecule has 0 saturated carbocycles. The minimum atomic E-state index is -1.17. The van der Waals surface area contributed by atoms with E-state index in [4.69, 9.17) is 0 Å². The number of hydrogen-bond acceptors (Lipinski definition) is 7. The zero-order valence-electron chi connectivity index (χ0n) is 20.9. The minimum absolute atomic E-state index is 0.376. The summed E-state index contributed by atoms with van der Waals surface area (Å²) < 4.78 is -0.738. The van der Waals surface area contributed by atoms with E-state index < -0.39 is 57.8 Å². The third-order valence-corrected chi connectivity index (χ3v) is 7.85. The van der Waals surface area contributed by atoms with E-state index in [1.807, 2.05) is 13.0 Å². The number of benzene rings is 2. The number of aryl methyl sites for hydroxylation is 1. The lowest BCUT2D eigenvalue weighted by molar-refractivity contribution is -0.161. The quantitative estimate of drug-likeness (QED) is 0.224. The topological polar surface area (TPSA) is 157 Å². The lowest BCUT2D eigenvalue weighted by Gasteiger charge is -2.44. The fourth-order valence-electron chi connectivity index (χ4n) is 4.51. The van der Waals surface area contributed by atoms with Crippen molar-refractivity contribution in [1.29, 1.82) is 0 Å². The molecule has 2 aromatic carbocycles. The Kier molecular flexibility index (Phi) is 7.53. The molecule has 4 N–H and O–H groups in total. The summed E-state index contributed by atoms with van der Waals surface area (Å²) in [7, 11) is 0. The fourth-order valence-corrected chi connectivity index (χ4v) is 6.13. The predicted octanol–water partition coefficient (Wildman–Crippen LogP) is 1.20. The Hall–Kier alpha value is -4.19. The van der Waals surface area contributed by atoms with E-state index in [1.54, 1.807) is 62.4 Å². The number of thioether (sulfide) groups is 1. The molecule has 2 fully saturated rings. The maximum atomic E-state index is 13.3.